The summed E-state index contributed by atoms with van der Waals surface area (Å²) in [6, 6.07) is 12.0. The largest absolute Gasteiger partial charge is 0.359 e. The molecule has 0 heterocycles. The number of nitrogens with one attached hydrogen (secondary N) is 1. The van der Waals surface area contributed by atoms with Gasteiger partial charge in [-0.2, -0.15) is 0 Å². The normalized spacial score (nSPS) is 10.1. The number of benzene rings is 1. The Morgan fingerprint density at radius 3 is 1.89 bits per heavy atom. The molecule has 3 heteroatoms. The Hall–Kier alpha value is -1.35. The third-order valence-electron chi connectivity index (χ3n) is 2.59. The molecule has 1 rings (SSSR count). The quantitative estimate of drug-likeness (QED) is 0.588. The third kappa shape index (κ3) is 16.6. The van der Waals surface area contributed by atoms with Gasteiger partial charge in [0.25, 0.3) is 0 Å². The Morgan fingerprint density at radius 1 is 1.11 bits per heavy atom. The molecule has 1 atom stereocenters. The molecule has 0 aliphatic carbocycles. The summed E-state index contributed by atoms with van der Waals surface area (Å²) in [5.74, 6) is 0.628. The van der Waals surface area contributed by atoms with E-state index in [1.165, 1.54) is 0 Å². The average molecular weight is 266 g/mol. The van der Waals surface area contributed by atoms with Gasteiger partial charge in [-0.15, -0.1) is 0 Å². The van der Waals surface area contributed by atoms with Crippen LogP contribution in [0.15, 0.2) is 36.4 Å². The van der Waals surface area contributed by atoms with E-state index in [1.807, 2.05) is 50.2 Å². The van der Waals surface area contributed by atoms with E-state index >= 15 is 0 Å². The van der Waals surface area contributed by atoms with E-state index in [-0.39, 0.29) is 0 Å². The predicted molar refractivity (Wildman–Crippen MR) is 83.9 cm³/mol. The van der Waals surface area contributed by atoms with Crippen LogP contribution in [0.25, 0.3) is 0 Å². The van der Waals surface area contributed by atoms with E-state index in [9.17, 15) is 4.79 Å². The van der Waals surface area contributed by atoms with Crippen LogP contribution in [0, 0.1) is 5.92 Å². The van der Waals surface area contributed by atoms with Crippen LogP contribution in [-0.2, 0) is 4.79 Å². The molecule has 1 unspecified atom stereocenters. The summed E-state index contributed by atoms with van der Waals surface area (Å²) in [6.07, 6.45) is 4.03. The minimum absolute atomic E-state index is 0.628. The van der Waals surface area contributed by atoms with Gasteiger partial charge in [-0.25, -0.2) is 0 Å². The van der Waals surface area contributed by atoms with Gasteiger partial charge < -0.3 is 11.1 Å². The predicted octanol–water partition coefficient (Wildman–Crippen LogP) is 3.21. The fraction of sp³-hybridized carbons (Fsp3) is 0.562. The molecule has 0 saturated carbocycles. The SMILES string of the molecule is CC.CCC(CN)CCCNC=O.c1ccccc1. The second-order valence-electron chi connectivity index (χ2n) is 3.88. The maximum atomic E-state index is 9.85. The summed E-state index contributed by atoms with van der Waals surface area (Å²) < 4.78 is 0. The summed E-state index contributed by atoms with van der Waals surface area (Å²) in [7, 11) is 0. The zero-order chi connectivity index (χ0) is 14.8. The van der Waals surface area contributed by atoms with Crippen molar-refractivity contribution < 1.29 is 4.79 Å². The van der Waals surface area contributed by atoms with E-state index in [2.05, 4.69) is 12.2 Å². The molecule has 0 aromatic heterocycles. The molecule has 3 N–H and O–H groups in total. The Balaban J connectivity index is 0. The van der Waals surface area contributed by atoms with Crippen molar-refractivity contribution in [1.29, 1.82) is 0 Å². The van der Waals surface area contributed by atoms with Crippen molar-refractivity contribution in [2.24, 2.45) is 11.7 Å². The van der Waals surface area contributed by atoms with Crippen molar-refractivity contribution in [1.82, 2.24) is 5.32 Å². The number of carbonyl (C=O) groups excluding carboxylic acids is 1. The van der Waals surface area contributed by atoms with Crippen molar-refractivity contribution in [3.63, 3.8) is 0 Å². The van der Waals surface area contributed by atoms with Crippen molar-refractivity contribution in [2.75, 3.05) is 13.1 Å². The second-order valence-corrected chi connectivity index (χ2v) is 3.88. The Morgan fingerprint density at radius 2 is 1.58 bits per heavy atom. The minimum Gasteiger partial charge on any atom is -0.359 e. The highest BCUT2D eigenvalue weighted by Crippen LogP contribution is 2.07. The molecule has 0 spiro atoms. The Bertz CT molecular complexity index is 221. The van der Waals surface area contributed by atoms with Crippen LogP contribution in [0.4, 0.5) is 0 Å². The van der Waals surface area contributed by atoms with Gasteiger partial charge in [-0.3, -0.25) is 4.79 Å². The Kier molecular flexibility index (Phi) is 20.0. The fourth-order valence-electron chi connectivity index (χ4n) is 1.43. The summed E-state index contributed by atoms with van der Waals surface area (Å²) in [5, 5.41) is 2.63. The first-order valence-electron chi connectivity index (χ1n) is 7.22. The number of hydrogen-bond acceptors (Lipinski definition) is 2. The van der Waals surface area contributed by atoms with Gasteiger partial charge >= 0.3 is 0 Å². The molecule has 1 aromatic rings. The molecular formula is C16H30N2O. The summed E-state index contributed by atoms with van der Waals surface area (Å²) in [4.78, 5) is 9.85. The van der Waals surface area contributed by atoms with Gasteiger partial charge in [0.2, 0.25) is 6.41 Å². The number of carbonyl (C=O) groups is 1. The number of hydrogen-bond donors (Lipinski definition) is 2. The lowest BCUT2D eigenvalue weighted by atomic mass is 10.0. The van der Waals surface area contributed by atoms with Crippen LogP contribution >= 0.6 is 0 Å². The average Bonchev–Trinajstić information content (AvgIpc) is 2.52. The molecule has 110 valence electrons. The highest BCUT2D eigenvalue weighted by molar-refractivity contribution is 5.45. The zero-order valence-electron chi connectivity index (χ0n) is 12.6. The topological polar surface area (TPSA) is 55.1 Å². The maximum Gasteiger partial charge on any atom is 0.207 e. The van der Waals surface area contributed by atoms with Crippen molar-refractivity contribution in [2.45, 2.75) is 40.0 Å². The minimum atomic E-state index is 0.628. The molecule has 0 radical (unpaired) electrons. The molecule has 0 saturated heterocycles. The first-order chi connectivity index (χ1) is 9.35. The lowest BCUT2D eigenvalue weighted by Gasteiger charge is -2.10. The highest BCUT2D eigenvalue weighted by Gasteiger charge is 2.01. The van der Waals surface area contributed by atoms with Crippen LogP contribution in [-0.4, -0.2) is 19.5 Å². The third-order valence-corrected chi connectivity index (χ3v) is 2.59. The monoisotopic (exact) mass is 266 g/mol. The fourth-order valence-corrected chi connectivity index (χ4v) is 1.43. The molecule has 0 aliphatic heterocycles. The van der Waals surface area contributed by atoms with Gasteiger partial charge in [0, 0.05) is 6.54 Å². The van der Waals surface area contributed by atoms with Crippen LogP contribution in [0.2, 0.25) is 0 Å². The van der Waals surface area contributed by atoms with Gasteiger partial charge in [-0.05, 0) is 25.3 Å². The van der Waals surface area contributed by atoms with Crippen molar-refractivity contribution >= 4 is 6.41 Å². The van der Waals surface area contributed by atoms with Crippen LogP contribution < -0.4 is 11.1 Å². The van der Waals surface area contributed by atoms with Crippen LogP contribution in [0.3, 0.4) is 0 Å². The van der Waals surface area contributed by atoms with E-state index in [0.717, 1.165) is 38.8 Å². The lowest BCUT2D eigenvalue weighted by molar-refractivity contribution is -0.109. The summed E-state index contributed by atoms with van der Waals surface area (Å²) in [5.41, 5.74) is 5.51. The molecule has 0 bridgehead atoms. The van der Waals surface area contributed by atoms with Crippen molar-refractivity contribution in [3.8, 4) is 0 Å². The maximum absolute atomic E-state index is 9.85. The van der Waals surface area contributed by atoms with Gasteiger partial charge in [0.15, 0.2) is 0 Å². The molecule has 0 fully saturated rings. The molecule has 0 aliphatic rings. The van der Waals surface area contributed by atoms with E-state index in [0.29, 0.717) is 5.92 Å². The van der Waals surface area contributed by atoms with E-state index in [4.69, 9.17) is 5.73 Å². The summed E-state index contributed by atoms with van der Waals surface area (Å²) in [6.45, 7) is 7.68. The van der Waals surface area contributed by atoms with Gasteiger partial charge in [0.05, 0.1) is 0 Å². The molecule has 19 heavy (non-hydrogen) atoms. The first-order valence-corrected chi connectivity index (χ1v) is 7.22. The number of nitrogens with two attached hydrogens (primary N) is 1. The zero-order valence-corrected chi connectivity index (χ0v) is 12.6. The number of rotatable bonds is 7. The standard InChI is InChI=1S/C8H18N2O.C6H6.C2H6/c1-2-8(6-9)4-3-5-10-7-11;1-2-4-6-5-3-1;1-2/h7-8H,2-6,9H2,1H3,(H,10,11);1-6H;1-2H3. The molecule has 1 aromatic carbocycles. The smallest absolute Gasteiger partial charge is 0.207 e. The van der Waals surface area contributed by atoms with Gasteiger partial charge in [0.1, 0.15) is 0 Å². The van der Waals surface area contributed by atoms with Crippen molar-refractivity contribution in [3.05, 3.63) is 36.4 Å². The van der Waals surface area contributed by atoms with E-state index in [1.54, 1.807) is 0 Å². The first kappa shape index (κ1) is 20.0. The highest BCUT2D eigenvalue weighted by atomic mass is 16.1. The van der Waals surface area contributed by atoms with Crippen LogP contribution in [0.1, 0.15) is 40.0 Å². The number of amides is 1. The lowest BCUT2D eigenvalue weighted by Crippen LogP contribution is -2.17. The van der Waals surface area contributed by atoms with Gasteiger partial charge in [-0.1, -0.05) is 63.6 Å². The second kappa shape index (κ2) is 19.0. The molecule has 3 nitrogen and oxygen atoms in total. The Labute approximate surface area is 118 Å². The van der Waals surface area contributed by atoms with Crippen LogP contribution in [0.5, 0.6) is 0 Å². The molecular weight excluding hydrogens is 236 g/mol. The molecule has 1 amide bonds. The summed E-state index contributed by atoms with van der Waals surface area (Å²) >= 11 is 0. The van der Waals surface area contributed by atoms with E-state index < -0.39 is 0 Å².